The van der Waals surface area contributed by atoms with Crippen molar-refractivity contribution in [1.29, 1.82) is 0 Å². The van der Waals surface area contributed by atoms with Crippen molar-refractivity contribution >= 4 is 17.5 Å². The maximum absolute atomic E-state index is 13.1. The van der Waals surface area contributed by atoms with Crippen molar-refractivity contribution < 1.29 is 14.0 Å². The van der Waals surface area contributed by atoms with Crippen LogP contribution < -0.4 is 10.6 Å². The van der Waals surface area contributed by atoms with Crippen molar-refractivity contribution in [3.63, 3.8) is 0 Å². The highest BCUT2D eigenvalue weighted by Crippen LogP contribution is 2.09. The molecule has 6 heteroatoms. The van der Waals surface area contributed by atoms with Crippen molar-refractivity contribution in [2.45, 2.75) is 19.5 Å². The molecule has 0 unspecified atom stereocenters. The fourth-order valence-corrected chi connectivity index (χ4v) is 2.26. The number of halogens is 1. The molecule has 0 radical (unpaired) electrons. The van der Waals surface area contributed by atoms with E-state index >= 15 is 0 Å². The van der Waals surface area contributed by atoms with Crippen molar-refractivity contribution in [3.8, 4) is 0 Å². The summed E-state index contributed by atoms with van der Waals surface area (Å²) in [4.78, 5) is 25.9. The van der Waals surface area contributed by atoms with Gasteiger partial charge in [-0.3, -0.25) is 14.5 Å². The van der Waals surface area contributed by atoms with Crippen LogP contribution in [0.4, 0.5) is 10.1 Å². The van der Waals surface area contributed by atoms with E-state index in [-0.39, 0.29) is 18.4 Å². The lowest BCUT2D eigenvalue weighted by Gasteiger charge is -2.23. The van der Waals surface area contributed by atoms with Gasteiger partial charge < -0.3 is 10.6 Å². The maximum Gasteiger partial charge on any atom is 0.238 e. The SMILES string of the molecule is C[C@H](C(=O)NCc1ccccc1)N(C)CC(=O)Nc1cccc(F)c1. The van der Waals surface area contributed by atoms with Gasteiger partial charge in [-0.2, -0.15) is 0 Å². The third kappa shape index (κ3) is 6.00. The van der Waals surface area contributed by atoms with E-state index in [1.54, 1.807) is 24.9 Å². The van der Waals surface area contributed by atoms with Crippen molar-refractivity contribution in [3.05, 3.63) is 66.0 Å². The molecule has 2 aromatic carbocycles. The van der Waals surface area contributed by atoms with Crippen LogP contribution in [0, 0.1) is 5.82 Å². The molecule has 0 saturated carbocycles. The summed E-state index contributed by atoms with van der Waals surface area (Å²) in [6.07, 6.45) is 0. The van der Waals surface area contributed by atoms with Crippen LogP contribution in [0.2, 0.25) is 0 Å². The number of rotatable bonds is 7. The summed E-state index contributed by atoms with van der Waals surface area (Å²) in [5.74, 6) is -0.888. The van der Waals surface area contributed by atoms with E-state index in [2.05, 4.69) is 10.6 Å². The largest absolute Gasteiger partial charge is 0.351 e. The van der Waals surface area contributed by atoms with Crippen LogP contribution in [-0.4, -0.2) is 36.3 Å². The smallest absolute Gasteiger partial charge is 0.238 e. The number of nitrogens with one attached hydrogen (secondary N) is 2. The summed E-state index contributed by atoms with van der Waals surface area (Å²) in [7, 11) is 1.69. The number of carbonyl (C=O) groups excluding carboxylic acids is 2. The zero-order valence-electron chi connectivity index (χ0n) is 14.3. The molecule has 25 heavy (non-hydrogen) atoms. The Hall–Kier alpha value is -2.73. The minimum absolute atomic E-state index is 0.0242. The third-order valence-electron chi connectivity index (χ3n) is 3.85. The molecule has 5 nitrogen and oxygen atoms in total. The highest BCUT2D eigenvalue weighted by Gasteiger charge is 2.20. The second-order valence-electron chi connectivity index (χ2n) is 5.85. The molecule has 0 heterocycles. The third-order valence-corrected chi connectivity index (χ3v) is 3.85. The maximum atomic E-state index is 13.1. The van der Waals surface area contributed by atoms with E-state index in [9.17, 15) is 14.0 Å². The Balaban J connectivity index is 1.81. The predicted octanol–water partition coefficient (Wildman–Crippen LogP) is 2.40. The fourth-order valence-electron chi connectivity index (χ4n) is 2.26. The number of nitrogens with zero attached hydrogens (tertiary/aromatic N) is 1. The lowest BCUT2D eigenvalue weighted by atomic mass is 10.2. The summed E-state index contributed by atoms with van der Waals surface area (Å²) in [6, 6.07) is 14.8. The van der Waals surface area contributed by atoms with Gasteiger partial charge in [0, 0.05) is 12.2 Å². The summed E-state index contributed by atoms with van der Waals surface area (Å²) in [5.41, 5.74) is 1.40. The zero-order valence-corrected chi connectivity index (χ0v) is 14.3. The zero-order chi connectivity index (χ0) is 18.2. The summed E-state index contributed by atoms with van der Waals surface area (Å²) >= 11 is 0. The molecule has 0 aliphatic heterocycles. The van der Waals surface area contributed by atoms with E-state index in [1.165, 1.54) is 18.2 Å². The van der Waals surface area contributed by atoms with Gasteiger partial charge >= 0.3 is 0 Å². The Morgan fingerprint density at radius 3 is 2.52 bits per heavy atom. The summed E-state index contributed by atoms with van der Waals surface area (Å²) < 4.78 is 13.1. The van der Waals surface area contributed by atoms with Gasteiger partial charge in [0.25, 0.3) is 0 Å². The van der Waals surface area contributed by atoms with Gasteiger partial charge in [-0.05, 0) is 37.7 Å². The van der Waals surface area contributed by atoms with Crippen LogP contribution in [-0.2, 0) is 16.1 Å². The van der Waals surface area contributed by atoms with E-state index in [1.807, 2.05) is 30.3 Å². The summed E-state index contributed by atoms with van der Waals surface area (Å²) in [6.45, 7) is 2.19. The Kier molecular flexibility index (Phi) is 6.65. The number of amides is 2. The topological polar surface area (TPSA) is 61.4 Å². The first-order valence-electron chi connectivity index (χ1n) is 8.03. The van der Waals surface area contributed by atoms with Crippen molar-refractivity contribution in [2.24, 2.45) is 0 Å². The average Bonchev–Trinajstić information content (AvgIpc) is 2.59. The fraction of sp³-hybridized carbons (Fsp3) is 0.263. The van der Waals surface area contributed by atoms with Crippen LogP contribution in [0.1, 0.15) is 12.5 Å². The molecular formula is C19H22FN3O2. The average molecular weight is 343 g/mol. The highest BCUT2D eigenvalue weighted by atomic mass is 19.1. The number of anilines is 1. The Labute approximate surface area is 146 Å². The van der Waals surface area contributed by atoms with Crippen molar-refractivity contribution in [2.75, 3.05) is 18.9 Å². The first-order valence-corrected chi connectivity index (χ1v) is 8.03. The van der Waals surface area contributed by atoms with Gasteiger partial charge in [-0.15, -0.1) is 0 Å². The number of hydrogen-bond acceptors (Lipinski definition) is 3. The van der Waals surface area contributed by atoms with Crippen LogP contribution in [0.3, 0.4) is 0 Å². The van der Waals surface area contributed by atoms with Gasteiger partial charge in [-0.25, -0.2) is 4.39 Å². The number of benzene rings is 2. The van der Waals surface area contributed by atoms with Crippen LogP contribution >= 0.6 is 0 Å². The quantitative estimate of drug-likeness (QED) is 0.811. The Morgan fingerprint density at radius 1 is 1.12 bits per heavy atom. The van der Waals surface area contributed by atoms with Gasteiger partial charge in [0.15, 0.2) is 0 Å². The molecule has 0 aliphatic rings. The number of carbonyl (C=O) groups is 2. The van der Waals surface area contributed by atoms with Gasteiger partial charge in [-0.1, -0.05) is 36.4 Å². The Morgan fingerprint density at radius 2 is 1.84 bits per heavy atom. The standard InChI is InChI=1S/C19H22FN3O2/c1-14(19(25)21-12-15-7-4-3-5-8-15)23(2)13-18(24)22-17-10-6-9-16(20)11-17/h3-11,14H,12-13H2,1-2H3,(H,21,25)(H,22,24)/t14-/m1/s1. The van der Waals surface area contributed by atoms with Gasteiger partial charge in [0.2, 0.25) is 11.8 Å². The molecule has 2 rings (SSSR count). The highest BCUT2D eigenvalue weighted by molar-refractivity contribution is 5.92. The second kappa shape index (κ2) is 8.94. The molecule has 1 atom stereocenters. The van der Waals surface area contributed by atoms with E-state index < -0.39 is 11.9 Å². The van der Waals surface area contributed by atoms with E-state index in [0.717, 1.165) is 5.56 Å². The molecule has 2 amide bonds. The lowest BCUT2D eigenvalue weighted by Crippen LogP contribution is -2.45. The van der Waals surface area contributed by atoms with Gasteiger partial charge in [0.05, 0.1) is 12.6 Å². The van der Waals surface area contributed by atoms with E-state index in [0.29, 0.717) is 12.2 Å². The predicted molar refractivity (Wildman–Crippen MR) is 95.4 cm³/mol. The van der Waals surface area contributed by atoms with E-state index in [4.69, 9.17) is 0 Å². The van der Waals surface area contributed by atoms with Crippen LogP contribution in [0.15, 0.2) is 54.6 Å². The monoisotopic (exact) mass is 343 g/mol. The first-order chi connectivity index (χ1) is 12.0. The molecule has 0 saturated heterocycles. The van der Waals surface area contributed by atoms with Crippen molar-refractivity contribution in [1.82, 2.24) is 10.2 Å². The molecule has 132 valence electrons. The molecule has 0 fully saturated rings. The number of likely N-dealkylation sites (N-methyl/N-ethyl adjacent to an activating group) is 1. The molecule has 0 bridgehead atoms. The first kappa shape index (κ1) is 18.6. The minimum atomic E-state index is -0.470. The Bertz CT molecular complexity index is 722. The number of hydrogen-bond donors (Lipinski definition) is 2. The minimum Gasteiger partial charge on any atom is -0.351 e. The van der Waals surface area contributed by atoms with Gasteiger partial charge in [0.1, 0.15) is 5.82 Å². The lowest BCUT2D eigenvalue weighted by molar-refractivity contribution is -0.126. The molecule has 0 aliphatic carbocycles. The molecular weight excluding hydrogens is 321 g/mol. The van der Waals surface area contributed by atoms with Crippen LogP contribution in [0.25, 0.3) is 0 Å². The molecule has 0 spiro atoms. The molecule has 0 aromatic heterocycles. The second-order valence-corrected chi connectivity index (χ2v) is 5.85. The molecule has 2 N–H and O–H groups in total. The normalized spacial score (nSPS) is 11.8. The van der Waals surface area contributed by atoms with Crippen LogP contribution in [0.5, 0.6) is 0 Å². The molecule has 2 aromatic rings. The summed E-state index contributed by atoms with van der Waals surface area (Å²) in [5, 5.41) is 5.46.